The number of fused-ring (bicyclic) bond motifs is 6. The Morgan fingerprint density at radius 3 is 1.32 bits per heavy atom. The second-order valence-electron chi connectivity index (χ2n) is 12.3. The monoisotopic (exact) mass is 884 g/mol. The first-order valence-electron chi connectivity index (χ1n) is 15.9. The molecule has 2 aliphatic heterocycles. The Kier molecular flexibility index (Phi) is 10.4. The van der Waals surface area contributed by atoms with E-state index in [0.29, 0.717) is 22.3 Å². The molecule has 308 valence electrons. The number of hydrogen-bond acceptors (Lipinski definition) is 21. The van der Waals surface area contributed by atoms with Gasteiger partial charge in [-0.05, 0) is 0 Å². The van der Waals surface area contributed by atoms with Crippen molar-refractivity contribution in [3.63, 3.8) is 0 Å². The van der Waals surface area contributed by atoms with Gasteiger partial charge < -0.3 is 49.5 Å². The number of ether oxygens (including phenoxy) is 2. The highest BCUT2D eigenvalue weighted by atomic mass is 31.3. The van der Waals surface area contributed by atoms with Crippen molar-refractivity contribution in [2.24, 2.45) is 0 Å². The normalized spacial score (nSPS) is 29.9. The predicted molar refractivity (Wildman–Crippen MR) is 179 cm³/mol. The summed E-state index contributed by atoms with van der Waals surface area (Å²) in [6.07, 6.45) is -1.39. The molecule has 8 N–H and O–H groups in total. The van der Waals surface area contributed by atoms with E-state index < -0.39 is 93.6 Å². The van der Waals surface area contributed by atoms with E-state index >= 15 is 0 Å². The van der Waals surface area contributed by atoms with Crippen LogP contribution in [0.1, 0.15) is 12.5 Å². The molecule has 12 atom stereocenters. The van der Waals surface area contributed by atoms with Crippen molar-refractivity contribution in [3.8, 4) is 0 Å². The largest absolute Gasteiger partial charge is 0.490 e. The van der Waals surface area contributed by atoms with Crippen LogP contribution in [0.2, 0.25) is 0 Å². The van der Waals surface area contributed by atoms with E-state index in [1.807, 2.05) is 0 Å². The average molecular weight is 884 g/mol. The summed E-state index contributed by atoms with van der Waals surface area (Å²) in [5.41, 5.74) is 1.80. The van der Waals surface area contributed by atoms with Crippen LogP contribution in [-0.4, -0.2) is 138 Å². The van der Waals surface area contributed by atoms with E-state index in [1.54, 1.807) is 21.2 Å². The smallest absolute Gasteiger partial charge is 0.387 e. The second kappa shape index (κ2) is 14.6. The van der Waals surface area contributed by atoms with Gasteiger partial charge in [0.1, 0.15) is 49.3 Å². The van der Waals surface area contributed by atoms with Crippen molar-refractivity contribution in [3.05, 3.63) is 50.1 Å². The first-order chi connectivity index (χ1) is 26.8. The lowest BCUT2D eigenvalue weighted by molar-refractivity contribution is -0.0505. The van der Waals surface area contributed by atoms with Crippen molar-refractivity contribution in [1.82, 2.24) is 47.8 Å². The lowest BCUT2D eigenvalue weighted by Crippen LogP contribution is -2.33. The van der Waals surface area contributed by atoms with Gasteiger partial charge >= 0.3 is 31.3 Å². The minimum Gasteiger partial charge on any atom is -0.387 e. The molecule has 5 unspecified atom stereocenters. The number of phosphoric acid groups is 4. The highest BCUT2D eigenvalue weighted by Gasteiger charge is 2.50. The quantitative estimate of drug-likeness (QED) is 0.0601. The van der Waals surface area contributed by atoms with Crippen molar-refractivity contribution in [2.45, 2.75) is 49.1 Å². The van der Waals surface area contributed by atoms with Crippen molar-refractivity contribution >= 4 is 64.9 Å². The maximum atomic E-state index is 12.5. The SMILES string of the molecule is O=P(O)(OC[C@H]1OC(n2cnc3c2ncn2ccnc32)[C@H](O)[C@@H]1O)OP(=O)(O)OP(=O)(O)OP(=O)(O)OC[C@H]1O[C@@H](n2cnc3c2ncn2ccnc32)[C@H](O)[C@@H]1O. The minimum absolute atomic E-state index is 0.181. The third kappa shape index (κ3) is 7.86. The third-order valence-electron chi connectivity index (χ3n) is 8.55. The van der Waals surface area contributed by atoms with E-state index in [1.165, 1.54) is 46.8 Å². The molecule has 2 aliphatic rings. The zero-order valence-corrected chi connectivity index (χ0v) is 31.6. The van der Waals surface area contributed by atoms with Gasteiger partial charge in [-0.3, -0.25) is 27.0 Å². The molecular formula is C24H28N10O19P4. The summed E-state index contributed by atoms with van der Waals surface area (Å²) < 4.78 is 87.6. The van der Waals surface area contributed by atoms with Crippen molar-refractivity contribution in [2.75, 3.05) is 13.2 Å². The predicted octanol–water partition coefficient (Wildman–Crippen LogP) is -1.11. The van der Waals surface area contributed by atoms with E-state index in [0.717, 1.165) is 0 Å². The number of imidazole rings is 4. The summed E-state index contributed by atoms with van der Waals surface area (Å²) in [4.78, 5) is 65.1. The number of aliphatic hydroxyl groups excluding tert-OH is 4. The summed E-state index contributed by atoms with van der Waals surface area (Å²) in [6.45, 7) is -2.18. The lowest BCUT2D eigenvalue weighted by Gasteiger charge is -2.21. The molecule has 0 radical (unpaired) electrons. The van der Waals surface area contributed by atoms with Crippen LogP contribution in [0.5, 0.6) is 0 Å². The van der Waals surface area contributed by atoms with Gasteiger partial charge in [0, 0.05) is 24.8 Å². The van der Waals surface area contributed by atoms with Crippen LogP contribution in [0.3, 0.4) is 0 Å². The standard InChI is InChI=1S/C24H28N10O19P4/c35-15-11(49-23(17(15)37)33-9-27-13-19-25-1-3-31(19)7-29-21(13)33)5-47-54(39,40)51-56(43,44)53-57(45,46)52-55(41,42)48-6-12-16(36)18(38)24(50-12)34-10-28-14-20-26-2-4-32(20)8-30-22(14)34/h1-4,7-12,15-18,23-24,35-38H,5-6H2,(H,39,40)(H,41,42)(H,43,44)(H,45,46)/t11-,12-,15-,16-,17-,18-,23-,24?/m1/s1. The Balaban J connectivity index is 0.845. The fourth-order valence-corrected chi connectivity index (χ4v) is 11.0. The molecule has 0 spiro atoms. The molecule has 2 saturated heterocycles. The maximum absolute atomic E-state index is 12.5. The molecule has 6 aromatic heterocycles. The molecule has 8 heterocycles. The van der Waals surface area contributed by atoms with Crippen LogP contribution in [0.15, 0.2) is 50.1 Å². The summed E-state index contributed by atoms with van der Waals surface area (Å²) in [5, 5.41) is 42.3. The molecule has 29 nitrogen and oxygen atoms in total. The van der Waals surface area contributed by atoms with Crippen LogP contribution in [0.4, 0.5) is 0 Å². The summed E-state index contributed by atoms with van der Waals surface area (Å²) in [5.74, 6) is 0. The highest BCUT2D eigenvalue weighted by Crippen LogP contribution is 2.71. The van der Waals surface area contributed by atoms with Crippen LogP contribution < -0.4 is 0 Å². The Labute approximate surface area is 314 Å². The van der Waals surface area contributed by atoms with Gasteiger partial charge in [-0.15, -0.1) is 0 Å². The van der Waals surface area contributed by atoms with Gasteiger partial charge in [0.15, 0.2) is 46.1 Å². The Morgan fingerprint density at radius 1 is 0.526 bits per heavy atom. The zero-order chi connectivity index (χ0) is 40.7. The molecule has 0 aliphatic carbocycles. The Bertz CT molecular complexity index is 2490. The van der Waals surface area contributed by atoms with Gasteiger partial charge in [0.2, 0.25) is 0 Å². The zero-order valence-electron chi connectivity index (χ0n) is 28.0. The molecule has 2 fully saturated rings. The van der Waals surface area contributed by atoms with Gasteiger partial charge in [0.05, 0.1) is 25.9 Å². The number of phosphoric ester groups is 2. The van der Waals surface area contributed by atoms with Crippen LogP contribution >= 0.6 is 31.3 Å². The molecule has 0 aromatic carbocycles. The fraction of sp³-hybridized carbons (Fsp3) is 0.417. The average Bonchev–Trinajstić information content (AvgIpc) is 3.97. The Hall–Kier alpha value is -3.50. The second-order valence-corrected chi connectivity index (χ2v) is 18.5. The molecule has 57 heavy (non-hydrogen) atoms. The van der Waals surface area contributed by atoms with Crippen LogP contribution in [-0.2, 0) is 49.7 Å². The first kappa shape index (κ1) is 40.3. The number of aliphatic hydroxyl groups is 4. The van der Waals surface area contributed by atoms with E-state index in [4.69, 9.17) is 9.47 Å². The number of rotatable bonds is 14. The van der Waals surface area contributed by atoms with Gasteiger partial charge in [0.25, 0.3) is 0 Å². The molecule has 0 bridgehead atoms. The number of nitrogens with zero attached hydrogens (tertiary/aromatic N) is 10. The molecule has 0 saturated carbocycles. The van der Waals surface area contributed by atoms with Crippen molar-refractivity contribution < 1.29 is 89.7 Å². The van der Waals surface area contributed by atoms with Gasteiger partial charge in [-0.2, -0.15) is 12.9 Å². The van der Waals surface area contributed by atoms with Gasteiger partial charge in [-0.25, -0.2) is 48.2 Å². The maximum Gasteiger partial charge on any atom is 0.490 e. The van der Waals surface area contributed by atoms with Crippen molar-refractivity contribution in [1.29, 1.82) is 0 Å². The fourth-order valence-electron chi connectivity index (χ4n) is 6.06. The van der Waals surface area contributed by atoms with E-state index in [9.17, 15) is 58.3 Å². The number of hydrogen-bond donors (Lipinski definition) is 8. The molecule has 33 heteroatoms. The third-order valence-corrected chi connectivity index (χ3v) is 14.5. The Morgan fingerprint density at radius 2 is 0.912 bits per heavy atom. The number of aromatic nitrogens is 10. The minimum atomic E-state index is -6.19. The molecule has 0 amide bonds. The summed E-state index contributed by atoms with van der Waals surface area (Å²) in [7, 11) is -23.9. The molecule has 8 rings (SSSR count). The summed E-state index contributed by atoms with van der Waals surface area (Å²) >= 11 is 0. The molecule has 6 aromatic rings. The van der Waals surface area contributed by atoms with Crippen LogP contribution in [0.25, 0.3) is 33.6 Å². The lowest BCUT2D eigenvalue weighted by atomic mass is 10.1. The molecular weight excluding hydrogens is 856 g/mol. The summed E-state index contributed by atoms with van der Waals surface area (Å²) in [6, 6.07) is 0. The van der Waals surface area contributed by atoms with E-state index in [-0.39, 0.29) is 11.3 Å². The van der Waals surface area contributed by atoms with E-state index in [2.05, 4.69) is 51.9 Å². The topological polar surface area (TPSA) is 391 Å². The first-order valence-corrected chi connectivity index (χ1v) is 21.9. The van der Waals surface area contributed by atoms with Gasteiger partial charge in [-0.1, -0.05) is 0 Å². The van der Waals surface area contributed by atoms with Crippen LogP contribution in [0, 0.1) is 0 Å². The highest BCUT2D eigenvalue weighted by molar-refractivity contribution is 7.69.